The molecule has 0 saturated carbocycles. The molecule has 29 heavy (non-hydrogen) atoms. The molecule has 0 amide bonds. The van der Waals surface area contributed by atoms with Crippen molar-refractivity contribution in [3.05, 3.63) is 76.5 Å². The quantitative estimate of drug-likeness (QED) is 0.376. The number of imidazole rings is 1. The molecule has 0 aliphatic carbocycles. The Morgan fingerprint density at radius 3 is 2.38 bits per heavy atom. The summed E-state index contributed by atoms with van der Waals surface area (Å²) in [5.41, 5.74) is 3.64. The fraction of sp³-hybridized carbons (Fsp3) is 0.190. The summed E-state index contributed by atoms with van der Waals surface area (Å²) in [5.74, 6) is 1.17. The molecule has 0 saturated heterocycles. The summed E-state index contributed by atoms with van der Waals surface area (Å²) in [5, 5.41) is 16.0. The van der Waals surface area contributed by atoms with Crippen molar-refractivity contribution >= 4 is 38.9 Å². The van der Waals surface area contributed by atoms with E-state index < -0.39 is 0 Å². The van der Waals surface area contributed by atoms with Gasteiger partial charge in [-0.15, -0.1) is 0 Å². The summed E-state index contributed by atoms with van der Waals surface area (Å²) in [6.45, 7) is 1.68. The van der Waals surface area contributed by atoms with Crippen LogP contribution in [-0.4, -0.2) is 31.2 Å². The van der Waals surface area contributed by atoms with Crippen molar-refractivity contribution in [2.45, 2.75) is 19.6 Å². The molecule has 0 fully saturated rings. The summed E-state index contributed by atoms with van der Waals surface area (Å²) in [7, 11) is 0. The van der Waals surface area contributed by atoms with E-state index in [4.69, 9.17) is 0 Å². The first kappa shape index (κ1) is 19.4. The minimum absolute atomic E-state index is 0.0178. The summed E-state index contributed by atoms with van der Waals surface area (Å²) in [6, 6.07) is 18.2. The van der Waals surface area contributed by atoms with Gasteiger partial charge in [0.15, 0.2) is 17.0 Å². The average molecular weight is 453 g/mol. The Labute approximate surface area is 177 Å². The summed E-state index contributed by atoms with van der Waals surface area (Å²) >= 11 is 3.45. The highest BCUT2D eigenvalue weighted by Gasteiger charge is 2.13. The molecule has 148 valence electrons. The van der Waals surface area contributed by atoms with Gasteiger partial charge in [-0.3, -0.25) is 0 Å². The largest absolute Gasteiger partial charge is 0.395 e. The number of fused-ring (bicyclic) bond motifs is 1. The van der Waals surface area contributed by atoms with Crippen molar-refractivity contribution in [2.75, 3.05) is 17.2 Å². The van der Waals surface area contributed by atoms with Gasteiger partial charge in [0, 0.05) is 24.1 Å². The van der Waals surface area contributed by atoms with Crippen LogP contribution in [0.3, 0.4) is 0 Å². The summed E-state index contributed by atoms with van der Waals surface area (Å²) < 4.78 is 2.87. The van der Waals surface area contributed by atoms with E-state index in [1.54, 1.807) is 6.33 Å². The molecule has 2 aromatic carbocycles. The molecular formula is C21H21BrN6O. The number of aromatic nitrogens is 4. The Bertz CT molecular complexity index is 1080. The predicted molar refractivity (Wildman–Crippen MR) is 118 cm³/mol. The molecular weight excluding hydrogens is 432 g/mol. The Morgan fingerprint density at radius 2 is 1.62 bits per heavy atom. The Balaban J connectivity index is 1.60. The lowest BCUT2D eigenvalue weighted by Gasteiger charge is -2.11. The predicted octanol–water partition coefficient (Wildman–Crippen LogP) is 3.81. The van der Waals surface area contributed by atoms with E-state index in [2.05, 4.69) is 53.6 Å². The van der Waals surface area contributed by atoms with Gasteiger partial charge < -0.3 is 20.3 Å². The highest BCUT2D eigenvalue weighted by Crippen LogP contribution is 2.22. The molecule has 0 spiro atoms. The monoisotopic (exact) mass is 452 g/mol. The Morgan fingerprint density at radius 1 is 0.897 bits per heavy atom. The number of nitrogens with one attached hydrogen (secondary N) is 2. The van der Waals surface area contributed by atoms with E-state index in [0.717, 1.165) is 15.6 Å². The lowest BCUT2D eigenvalue weighted by molar-refractivity contribution is 0.277. The lowest BCUT2D eigenvalue weighted by atomic mass is 10.2. The summed E-state index contributed by atoms with van der Waals surface area (Å²) in [4.78, 5) is 13.7. The highest BCUT2D eigenvalue weighted by atomic mass is 79.9. The maximum absolute atomic E-state index is 9.34. The van der Waals surface area contributed by atoms with Gasteiger partial charge in [-0.2, -0.15) is 9.97 Å². The van der Waals surface area contributed by atoms with Crippen molar-refractivity contribution in [2.24, 2.45) is 0 Å². The first-order valence-corrected chi connectivity index (χ1v) is 10.1. The zero-order valence-electron chi connectivity index (χ0n) is 15.7. The molecule has 0 unspecified atom stereocenters. The average Bonchev–Trinajstić information content (AvgIpc) is 3.16. The number of aliphatic hydroxyl groups excluding tert-OH is 1. The fourth-order valence-electron chi connectivity index (χ4n) is 2.98. The van der Waals surface area contributed by atoms with Crippen LogP contribution in [0, 0.1) is 0 Å². The Hall–Kier alpha value is -2.97. The molecule has 0 atom stereocenters. The third-order valence-corrected chi connectivity index (χ3v) is 5.00. The highest BCUT2D eigenvalue weighted by molar-refractivity contribution is 9.10. The van der Waals surface area contributed by atoms with Gasteiger partial charge in [-0.1, -0.05) is 58.4 Å². The molecule has 2 aromatic heterocycles. The number of hydrogen-bond donors (Lipinski definition) is 3. The maximum Gasteiger partial charge on any atom is 0.227 e. The smallest absolute Gasteiger partial charge is 0.227 e. The first-order chi connectivity index (χ1) is 14.2. The van der Waals surface area contributed by atoms with Crippen LogP contribution in [-0.2, 0) is 19.6 Å². The topological polar surface area (TPSA) is 87.9 Å². The van der Waals surface area contributed by atoms with Crippen molar-refractivity contribution < 1.29 is 5.11 Å². The lowest BCUT2D eigenvalue weighted by Crippen LogP contribution is -2.09. The molecule has 4 aromatic rings. The SMILES string of the molecule is OCCn1cnc2c(NCc3ccccc3)nc(NCc3ccc(Br)cc3)nc21. The molecule has 8 heteroatoms. The molecule has 0 radical (unpaired) electrons. The minimum Gasteiger partial charge on any atom is -0.395 e. The maximum atomic E-state index is 9.34. The fourth-order valence-corrected chi connectivity index (χ4v) is 3.25. The number of anilines is 2. The van der Waals surface area contributed by atoms with Crippen LogP contribution in [0.1, 0.15) is 11.1 Å². The minimum atomic E-state index is 0.0178. The first-order valence-electron chi connectivity index (χ1n) is 9.33. The number of benzene rings is 2. The zero-order chi connectivity index (χ0) is 20.1. The van der Waals surface area contributed by atoms with Gasteiger partial charge in [-0.05, 0) is 23.3 Å². The van der Waals surface area contributed by atoms with E-state index in [0.29, 0.717) is 42.6 Å². The second-order valence-corrected chi connectivity index (χ2v) is 7.46. The molecule has 4 rings (SSSR count). The summed E-state index contributed by atoms with van der Waals surface area (Å²) in [6.07, 6.45) is 1.68. The normalized spacial score (nSPS) is 11.0. The van der Waals surface area contributed by atoms with Gasteiger partial charge >= 0.3 is 0 Å². The van der Waals surface area contributed by atoms with Crippen LogP contribution in [0.4, 0.5) is 11.8 Å². The van der Waals surface area contributed by atoms with Gasteiger partial charge in [0.1, 0.15) is 0 Å². The second-order valence-electron chi connectivity index (χ2n) is 6.55. The number of hydrogen-bond acceptors (Lipinski definition) is 6. The van der Waals surface area contributed by atoms with Crippen LogP contribution >= 0.6 is 15.9 Å². The second kappa shape index (κ2) is 9.02. The van der Waals surface area contributed by atoms with Crippen molar-refractivity contribution in [3.63, 3.8) is 0 Å². The van der Waals surface area contributed by atoms with Gasteiger partial charge in [0.2, 0.25) is 5.95 Å². The molecule has 2 heterocycles. The van der Waals surface area contributed by atoms with E-state index in [-0.39, 0.29) is 6.61 Å². The zero-order valence-corrected chi connectivity index (χ0v) is 17.3. The van der Waals surface area contributed by atoms with E-state index >= 15 is 0 Å². The van der Waals surface area contributed by atoms with Gasteiger partial charge in [0.05, 0.1) is 12.9 Å². The third-order valence-electron chi connectivity index (χ3n) is 4.47. The van der Waals surface area contributed by atoms with Crippen LogP contribution in [0.25, 0.3) is 11.2 Å². The van der Waals surface area contributed by atoms with Crippen LogP contribution in [0.15, 0.2) is 65.4 Å². The van der Waals surface area contributed by atoms with Crippen molar-refractivity contribution in [1.29, 1.82) is 0 Å². The molecule has 0 aliphatic rings. The standard InChI is InChI=1S/C21H21BrN6O/c22-17-8-6-16(7-9-17)13-24-21-26-19(23-12-15-4-2-1-3-5-15)18-20(27-21)28(10-11-29)14-25-18/h1-9,14,29H,10-13H2,(H2,23,24,26,27). The van der Waals surface area contributed by atoms with Crippen LogP contribution in [0.2, 0.25) is 0 Å². The van der Waals surface area contributed by atoms with Crippen LogP contribution in [0.5, 0.6) is 0 Å². The van der Waals surface area contributed by atoms with Gasteiger partial charge in [-0.25, -0.2) is 4.98 Å². The number of halogens is 1. The third kappa shape index (κ3) is 4.72. The number of nitrogens with zero attached hydrogens (tertiary/aromatic N) is 4. The number of rotatable bonds is 8. The van der Waals surface area contributed by atoms with Crippen molar-refractivity contribution in [1.82, 2.24) is 19.5 Å². The van der Waals surface area contributed by atoms with Crippen LogP contribution < -0.4 is 10.6 Å². The molecule has 0 bridgehead atoms. The van der Waals surface area contributed by atoms with E-state index in [1.807, 2.05) is 47.0 Å². The van der Waals surface area contributed by atoms with E-state index in [1.165, 1.54) is 0 Å². The van der Waals surface area contributed by atoms with Crippen molar-refractivity contribution in [3.8, 4) is 0 Å². The molecule has 3 N–H and O–H groups in total. The van der Waals surface area contributed by atoms with Gasteiger partial charge in [0.25, 0.3) is 0 Å². The Kier molecular flexibility index (Phi) is 6.02. The molecule has 0 aliphatic heterocycles. The van der Waals surface area contributed by atoms with E-state index in [9.17, 15) is 5.11 Å². The number of aliphatic hydroxyl groups is 1. The molecule has 7 nitrogen and oxygen atoms in total.